The summed E-state index contributed by atoms with van der Waals surface area (Å²) in [6.45, 7) is 4.19. The highest BCUT2D eigenvalue weighted by Gasteiger charge is 1.98. The predicted molar refractivity (Wildman–Crippen MR) is 56.6 cm³/mol. The van der Waals surface area contributed by atoms with Gasteiger partial charge >= 0.3 is 0 Å². The molecule has 0 unspecified atom stereocenters. The summed E-state index contributed by atoms with van der Waals surface area (Å²) in [5.74, 6) is 0.443. The molecule has 0 bridgehead atoms. The van der Waals surface area contributed by atoms with Crippen molar-refractivity contribution in [1.82, 2.24) is 0 Å². The van der Waals surface area contributed by atoms with Crippen molar-refractivity contribution in [3.05, 3.63) is 51.7 Å². The van der Waals surface area contributed by atoms with Crippen molar-refractivity contribution in [2.75, 3.05) is 0 Å². The quantitative estimate of drug-likeness (QED) is 0.544. The number of rotatable bonds is 3. The average molecular weight is 191 g/mol. The SMILES string of the molecule is CC(C)c1cccc(C=C[N+](=O)[O-])c1. The van der Waals surface area contributed by atoms with Gasteiger partial charge in [0.2, 0.25) is 6.20 Å². The molecule has 0 saturated heterocycles. The van der Waals surface area contributed by atoms with Crippen LogP contribution in [0.25, 0.3) is 6.08 Å². The van der Waals surface area contributed by atoms with Crippen LogP contribution in [0.4, 0.5) is 0 Å². The van der Waals surface area contributed by atoms with E-state index in [9.17, 15) is 10.1 Å². The van der Waals surface area contributed by atoms with Crippen molar-refractivity contribution in [2.24, 2.45) is 0 Å². The first-order chi connectivity index (χ1) is 6.59. The van der Waals surface area contributed by atoms with E-state index in [2.05, 4.69) is 13.8 Å². The summed E-state index contributed by atoms with van der Waals surface area (Å²) in [5.41, 5.74) is 2.06. The van der Waals surface area contributed by atoms with Gasteiger partial charge in [-0.05, 0) is 17.0 Å². The van der Waals surface area contributed by atoms with Crippen molar-refractivity contribution in [1.29, 1.82) is 0 Å². The second-order valence-corrected chi connectivity index (χ2v) is 3.43. The zero-order valence-corrected chi connectivity index (χ0v) is 8.31. The van der Waals surface area contributed by atoms with E-state index in [1.807, 2.05) is 24.3 Å². The molecule has 0 atom stereocenters. The molecule has 0 fully saturated rings. The van der Waals surface area contributed by atoms with E-state index >= 15 is 0 Å². The molecule has 0 saturated carbocycles. The van der Waals surface area contributed by atoms with Gasteiger partial charge in [0.15, 0.2) is 0 Å². The molecule has 3 nitrogen and oxygen atoms in total. The fraction of sp³-hybridized carbons (Fsp3) is 0.273. The molecule has 0 radical (unpaired) electrons. The Balaban J connectivity index is 2.89. The van der Waals surface area contributed by atoms with Crippen molar-refractivity contribution < 1.29 is 4.92 Å². The maximum absolute atomic E-state index is 10.1. The lowest BCUT2D eigenvalue weighted by molar-refractivity contribution is -0.400. The van der Waals surface area contributed by atoms with Gasteiger partial charge in [0, 0.05) is 6.08 Å². The molecule has 1 aromatic carbocycles. The summed E-state index contributed by atoms with van der Waals surface area (Å²) in [6, 6.07) is 7.75. The Morgan fingerprint density at radius 1 is 1.43 bits per heavy atom. The Morgan fingerprint density at radius 3 is 2.71 bits per heavy atom. The van der Waals surface area contributed by atoms with Gasteiger partial charge in [-0.25, -0.2) is 0 Å². The van der Waals surface area contributed by atoms with E-state index in [-0.39, 0.29) is 0 Å². The molecule has 0 aliphatic carbocycles. The van der Waals surface area contributed by atoms with Crippen molar-refractivity contribution in [3.63, 3.8) is 0 Å². The summed E-state index contributed by atoms with van der Waals surface area (Å²) in [6.07, 6.45) is 2.46. The van der Waals surface area contributed by atoms with Gasteiger partial charge in [-0.3, -0.25) is 10.1 Å². The van der Waals surface area contributed by atoms with Crippen LogP contribution in [-0.4, -0.2) is 4.92 Å². The van der Waals surface area contributed by atoms with Crippen LogP contribution in [0, 0.1) is 10.1 Å². The maximum atomic E-state index is 10.1. The van der Waals surface area contributed by atoms with Gasteiger partial charge in [0.05, 0.1) is 4.92 Å². The van der Waals surface area contributed by atoms with Crippen LogP contribution in [0.2, 0.25) is 0 Å². The minimum atomic E-state index is -0.456. The first-order valence-corrected chi connectivity index (χ1v) is 4.51. The summed E-state index contributed by atoms with van der Waals surface area (Å²) >= 11 is 0. The summed E-state index contributed by atoms with van der Waals surface area (Å²) < 4.78 is 0. The highest BCUT2D eigenvalue weighted by atomic mass is 16.6. The van der Waals surface area contributed by atoms with Crippen LogP contribution in [0.15, 0.2) is 30.5 Å². The van der Waals surface area contributed by atoms with Crippen molar-refractivity contribution in [3.8, 4) is 0 Å². The zero-order chi connectivity index (χ0) is 10.6. The molecule has 0 amide bonds. The van der Waals surface area contributed by atoms with E-state index in [0.29, 0.717) is 5.92 Å². The number of nitrogens with zero attached hydrogens (tertiary/aromatic N) is 1. The van der Waals surface area contributed by atoms with Crippen LogP contribution in [0.1, 0.15) is 30.9 Å². The first-order valence-electron chi connectivity index (χ1n) is 4.51. The third-order valence-electron chi connectivity index (χ3n) is 1.97. The number of hydrogen-bond acceptors (Lipinski definition) is 2. The molecular weight excluding hydrogens is 178 g/mol. The lowest BCUT2D eigenvalue weighted by atomic mass is 10.0. The topological polar surface area (TPSA) is 43.1 Å². The van der Waals surface area contributed by atoms with Crippen molar-refractivity contribution >= 4 is 6.08 Å². The minimum Gasteiger partial charge on any atom is -0.259 e. The van der Waals surface area contributed by atoms with Crippen LogP contribution < -0.4 is 0 Å². The summed E-state index contributed by atoms with van der Waals surface area (Å²) in [7, 11) is 0. The van der Waals surface area contributed by atoms with Crippen molar-refractivity contribution in [2.45, 2.75) is 19.8 Å². The molecule has 14 heavy (non-hydrogen) atoms. The number of benzene rings is 1. The third kappa shape index (κ3) is 3.01. The van der Waals surface area contributed by atoms with Crippen LogP contribution in [0.5, 0.6) is 0 Å². The second kappa shape index (κ2) is 4.56. The lowest BCUT2D eigenvalue weighted by Crippen LogP contribution is -1.88. The second-order valence-electron chi connectivity index (χ2n) is 3.43. The Bertz CT molecular complexity index is 356. The number of hydrogen-bond donors (Lipinski definition) is 0. The van der Waals surface area contributed by atoms with Gasteiger partial charge < -0.3 is 0 Å². The van der Waals surface area contributed by atoms with E-state index in [1.165, 1.54) is 11.6 Å². The van der Waals surface area contributed by atoms with Gasteiger partial charge in [-0.1, -0.05) is 38.1 Å². The fourth-order valence-corrected chi connectivity index (χ4v) is 1.17. The Kier molecular flexibility index (Phi) is 3.40. The normalized spacial score (nSPS) is 11.1. The molecule has 0 aliphatic rings. The summed E-state index contributed by atoms with van der Waals surface area (Å²) in [4.78, 5) is 9.65. The van der Waals surface area contributed by atoms with Gasteiger partial charge in [0.1, 0.15) is 0 Å². The van der Waals surface area contributed by atoms with E-state index in [4.69, 9.17) is 0 Å². The van der Waals surface area contributed by atoms with Gasteiger partial charge in [-0.2, -0.15) is 0 Å². The largest absolute Gasteiger partial charge is 0.259 e. The molecule has 0 heterocycles. The molecule has 3 heteroatoms. The van der Waals surface area contributed by atoms with E-state index in [0.717, 1.165) is 11.8 Å². The standard InChI is InChI=1S/C11H13NO2/c1-9(2)11-5-3-4-10(8-11)6-7-12(13)14/h3-9H,1-2H3. The zero-order valence-electron chi connectivity index (χ0n) is 8.31. The summed E-state index contributed by atoms with van der Waals surface area (Å²) in [5, 5.41) is 10.1. The third-order valence-corrected chi connectivity index (χ3v) is 1.97. The Hall–Kier alpha value is -1.64. The minimum absolute atomic E-state index is 0.443. The molecule has 0 spiro atoms. The van der Waals surface area contributed by atoms with Crippen LogP contribution in [0.3, 0.4) is 0 Å². The number of nitro groups is 1. The van der Waals surface area contributed by atoms with Gasteiger partial charge in [0.25, 0.3) is 0 Å². The molecule has 74 valence electrons. The predicted octanol–water partition coefficient (Wildman–Crippen LogP) is 3.06. The van der Waals surface area contributed by atoms with E-state index < -0.39 is 4.92 Å². The first kappa shape index (κ1) is 10.4. The van der Waals surface area contributed by atoms with E-state index in [1.54, 1.807) is 0 Å². The lowest BCUT2D eigenvalue weighted by Gasteiger charge is -2.04. The van der Waals surface area contributed by atoms with Crippen LogP contribution in [-0.2, 0) is 0 Å². The highest BCUT2D eigenvalue weighted by Crippen LogP contribution is 2.16. The smallest absolute Gasteiger partial charge is 0.235 e. The Morgan fingerprint density at radius 2 is 2.14 bits per heavy atom. The molecule has 1 aromatic rings. The Labute approximate surface area is 83.2 Å². The molecule has 1 rings (SSSR count). The maximum Gasteiger partial charge on any atom is 0.235 e. The molecule has 0 aliphatic heterocycles. The van der Waals surface area contributed by atoms with Gasteiger partial charge in [-0.15, -0.1) is 0 Å². The molecule has 0 N–H and O–H groups in total. The average Bonchev–Trinajstić information content (AvgIpc) is 2.15. The fourth-order valence-electron chi connectivity index (χ4n) is 1.17. The van der Waals surface area contributed by atoms with Crippen LogP contribution >= 0.6 is 0 Å². The molecular formula is C11H13NO2. The monoisotopic (exact) mass is 191 g/mol. The highest BCUT2D eigenvalue weighted by molar-refractivity contribution is 5.49. The molecule has 0 aromatic heterocycles.